The van der Waals surface area contributed by atoms with Crippen LogP contribution in [0.1, 0.15) is 24.0 Å². The highest BCUT2D eigenvalue weighted by molar-refractivity contribution is 7.89. The Morgan fingerprint density at radius 2 is 1.71 bits per heavy atom. The summed E-state index contributed by atoms with van der Waals surface area (Å²) in [4.78, 5) is 34.1. The number of aromatic nitrogens is 2. The van der Waals surface area contributed by atoms with Crippen LogP contribution in [0.4, 0.5) is 5.95 Å². The highest BCUT2D eigenvalue weighted by Gasteiger charge is 2.31. The van der Waals surface area contributed by atoms with Crippen LogP contribution in [0.3, 0.4) is 0 Å². The fraction of sp³-hybridized carbons (Fsp3) is 0.400. The van der Waals surface area contributed by atoms with Crippen molar-refractivity contribution in [1.29, 1.82) is 0 Å². The Kier molecular flexibility index (Phi) is 7.18. The van der Waals surface area contributed by atoms with E-state index in [1.807, 2.05) is 13.0 Å². The number of hydrazine groups is 1. The van der Waals surface area contributed by atoms with Gasteiger partial charge in [-0.15, -0.1) is 0 Å². The molecule has 1 saturated heterocycles. The number of benzene rings is 1. The molecule has 0 bridgehead atoms. The number of amides is 2. The number of rotatable bonds is 7. The van der Waals surface area contributed by atoms with Gasteiger partial charge in [0, 0.05) is 51.4 Å². The van der Waals surface area contributed by atoms with Crippen LogP contribution in [-0.4, -0.2) is 65.6 Å². The summed E-state index contributed by atoms with van der Waals surface area (Å²) >= 11 is 0. The van der Waals surface area contributed by atoms with Gasteiger partial charge in [0.2, 0.25) is 27.8 Å². The van der Waals surface area contributed by atoms with Gasteiger partial charge in [-0.25, -0.2) is 18.4 Å². The first-order chi connectivity index (χ1) is 14.8. The molecule has 31 heavy (non-hydrogen) atoms. The Morgan fingerprint density at radius 3 is 2.39 bits per heavy atom. The molecule has 1 aromatic heterocycles. The predicted molar refractivity (Wildman–Crippen MR) is 114 cm³/mol. The van der Waals surface area contributed by atoms with Gasteiger partial charge in [-0.05, 0) is 37.1 Å². The normalized spacial score (nSPS) is 14.8. The van der Waals surface area contributed by atoms with Crippen LogP contribution in [-0.2, 0) is 19.6 Å². The molecule has 2 aromatic rings. The van der Waals surface area contributed by atoms with E-state index in [4.69, 9.17) is 0 Å². The van der Waals surface area contributed by atoms with Gasteiger partial charge in [-0.1, -0.05) is 12.1 Å². The summed E-state index contributed by atoms with van der Waals surface area (Å²) in [5.74, 6) is -0.296. The number of sulfonamides is 1. The molecule has 0 saturated carbocycles. The first-order valence-corrected chi connectivity index (χ1v) is 11.4. The highest BCUT2D eigenvalue weighted by Crippen LogP contribution is 2.22. The van der Waals surface area contributed by atoms with E-state index in [0.29, 0.717) is 23.5 Å². The first-order valence-electron chi connectivity index (χ1n) is 9.94. The van der Waals surface area contributed by atoms with E-state index in [1.54, 1.807) is 30.0 Å². The number of piperazine rings is 1. The minimum Gasteiger partial charge on any atom is -0.340 e. The Balaban J connectivity index is 1.47. The van der Waals surface area contributed by atoms with Gasteiger partial charge < -0.3 is 4.90 Å². The maximum absolute atomic E-state index is 13.0. The standard InChI is InChI=1S/C20H26N6O4S/c1-15-4-5-16(2)17(14-15)31(29,30)26-12-10-25(11-13-26)19(28)7-6-18(27)23-24-20-21-8-3-9-22-20/h3-5,8-9,14H,6-7,10-13H2,1-2H3,(H,23,27)(H,21,22,24). The van der Waals surface area contributed by atoms with Gasteiger partial charge in [0.25, 0.3) is 0 Å². The molecule has 0 unspecified atom stereocenters. The summed E-state index contributed by atoms with van der Waals surface area (Å²) in [5.41, 5.74) is 6.59. The number of hydrogen-bond acceptors (Lipinski definition) is 7. The van der Waals surface area contributed by atoms with E-state index < -0.39 is 10.0 Å². The molecule has 0 aliphatic carbocycles. The van der Waals surface area contributed by atoms with Crippen molar-refractivity contribution in [2.45, 2.75) is 31.6 Å². The van der Waals surface area contributed by atoms with Crippen LogP contribution >= 0.6 is 0 Å². The smallest absolute Gasteiger partial charge is 0.243 e. The number of hydrogen-bond donors (Lipinski definition) is 2. The second-order valence-corrected chi connectivity index (χ2v) is 9.21. The van der Waals surface area contributed by atoms with Gasteiger partial charge in [-0.3, -0.25) is 20.4 Å². The van der Waals surface area contributed by atoms with Gasteiger partial charge in [-0.2, -0.15) is 4.31 Å². The molecule has 1 fully saturated rings. The molecule has 0 radical (unpaired) electrons. The second kappa shape index (κ2) is 9.84. The average Bonchev–Trinajstić information content (AvgIpc) is 2.78. The van der Waals surface area contributed by atoms with Crippen molar-refractivity contribution in [1.82, 2.24) is 24.6 Å². The lowest BCUT2D eigenvalue weighted by molar-refractivity contribution is -0.134. The van der Waals surface area contributed by atoms with E-state index in [-0.39, 0.29) is 43.7 Å². The summed E-state index contributed by atoms with van der Waals surface area (Å²) in [6.45, 7) is 4.66. The Bertz CT molecular complexity index is 1040. The first kappa shape index (κ1) is 22.6. The molecule has 1 aromatic carbocycles. The zero-order valence-electron chi connectivity index (χ0n) is 17.5. The number of aryl methyl sites for hydroxylation is 2. The predicted octanol–water partition coefficient (Wildman–Crippen LogP) is 0.850. The topological polar surface area (TPSA) is 125 Å². The van der Waals surface area contributed by atoms with E-state index in [1.165, 1.54) is 16.7 Å². The maximum atomic E-state index is 13.0. The maximum Gasteiger partial charge on any atom is 0.243 e. The van der Waals surface area contributed by atoms with Crippen LogP contribution in [0, 0.1) is 13.8 Å². The number of nitrogens with one attached hydrogen (secondary N) is 2. The molecule has 10 nitrogen and oxygen atoms in total. The number of anilines is 1. The van der Waals surface area contributed by atoms with Crippen LogP contribution < -0.4 is 10.9 Å². The quantitative estimate of drug-likeness (QED) is 0.604. The molecular formula is C20H26N6O4S. The molecule has 3 rings (SSSR count). The highest BCUT2D eigenvalue weighted by atomic mass is 32.2. The number of carbonyl (C=O) groups excluding carboxylic acids is 2. The third-order valence-electron chi connectivity index (χ3n) is 5.00. The van der Waals surface area contributed by atoms with Gasteiger partial charge in [0.05, 0.1) is 4.90 Å². The molecular weight excluding hydrogens is 420 g/mol. The van der Waals surface area contributed by atoms with Crippen LogP contribution in [0.2, 0.25) is 0 Å². The third kappa shape index (κ3) is 5.76. The Morgan fingerprint density at radius 1 is 1.03 bits per heavy atom. The van der Waals surface area contributed by atoms with E-state index in [0.717, 1.165) is 5.56 Å². The van der Waals surface area contributed by atoms with Crippen LogP contribution in [0.15, 0.2) is 41.6 Å². The van der Waals surface area contributed by atoms with Crippen LogP contribution in [0.25, 0.3) is 0 Å². The SMILES string of the molecule is Cc1ccc(C)c(S(=O)(=O)N2CCN(C(=O)CCC(=O)NNc3ncccn3)CC2)c1. The van der Waals surface area contributed by atoms with Crippen molar-refractivity contribution < 1.29 is 18.0 Å². The molecule has 166 valence electrons. The lowest BCUT2D eigenvalue weighted by atomic mass is 10.2. The van der Waals surface area contributed by atoms with E-state index in [9.17, 15) is 18.0 Å². The fourth-order valence-corrected chi connectivity index (χ4v) is 4.96. The van der Waals surface area contributed by atoms with E-state index in [2.05, 4.69) is 20.8 Å². The van der Waals surface area contributed by atoms with Crippen molar-refractivity contribution in [2.24, 2.45) is 0 Å². The Hall–Kier alpha value is -3.05. The zero-order chi connectivity index (χ0) is 22.4. The van der Waals surface area contributed by atoms with Gasteiger partial charge in [0.15, 0.2) is 0 Å². The largest absolute Gasteiger partial charge is 0.340 e. The molecule has 2 amide bonds. The molecule has 1 aliphatic heterocycles. The molecule has 2 heterocycles. The van der Waals surface area contributed by atoms with Crippen molar-refractivity contribution in [3.05, 3.63) is 47.8 Å². The molecule has 11 heteroatoms. The Labute approximate surface area is 181 Å². The fourth-order valence-electron chi connectivity index (χ4n) is 3.23. The summed E-state index contributed by atoms with van der Waals surface area (Å²) in [5, 5.41) is 0. The van der Waals surface area contributed by atoms with E-state index >= 15 is 0 Å². The summed E-state index contributed by atoms with van der Waals surface area (Å²) < 4.78 is 27.4. The molecule has 1 aliphatic rings. The summed E-state index contributed by atoms with van der Waals surface area (Å²) in [7, 11) is -3.61. The van der Waals surface area contributed by atoms with Crippen LogP contribution in [0.5, 0.6) is 0 Å². The molecule has 0 atom stereocenters. The summed E-state index contributed by atoms with van der Waals surface area (Å²) in [6.07, 6.45) is 3.10. The van der Waals surface area contributed by atoms with Crippen molar-refractivity contribution in [3.8, 4) is 0 Å². The second-order valence-electron chi connectivity index (χ2n) is 7.30. The zero-order valence-corrected chi connectivity index (χ0v) is 18.4. The van der Waals surface area contributed by atoms with Gasteiger partial charge >= 0.3 is 0 Å². The van der Waals surface area contributed by atoms with Crippen molar-refractivity contribution >= 4 is 27.8 Å². The van der Waals surface area contributed by atoms with Crippen molar-refractivity contribution in [2.75, 3.05) is 31.6 Å². The van der Waals surface area contributed by atoms with Crippen molar-refractivity contribution in [3.63, 3.8) is 0 Å². The lowest BCUT2D eigenvalue weighted by Gasteiger charge is -2.34. The van der Waals surface area contributed by atoms with Gasteiger partial charge in [0.1, 0.15) is 0 Å². The molecule has 2 N–H and O–H groups in total. The number of nitrogens with zero attached hydrogens (tertiary/aromatic N) is 4. The minimum absolute atomic E-state index is 0.000331. The average molecular weight is 447 g/mol. The molecule has 0 spiro atoms. The monoisotopic (exact) mass is 446 g/mol. The lowest BCUT2D eigenvalue weighted by Crippen LogP contribution is -2.50. The number of carbonyl (C=O) groups is 2. The third-order valence-corrected chi connectivity index (χ3v) is 7.04. The summed E-state index contributed by atoms with van der Waals surface area (Å²) in [6, 6.07) is 7.00. The minimum atomic E-state index is -3.61.